The van der Waals surface area contributed by atoms with Crippen molar-refractivity contribution >= 4 is 34.9 Å². The number of aromatic nitrogens is 1. The highest BCUT2D eigenvalue weighted by atomic mass is 32.1. The van der Waals surface area contributed by atoms with Crippen molar-refractivity contribution in [3.63, 3.8) is 0 Å². The van der Waals surface area contributed by atoms with Crippen molar-refractivity contribution in [3.05, 3.63) is 16.1 Å². The number of carbonyl (C=O) groups excluding carboxylic acids is 3. The molecule has 0 unspecified atom stereocenters. The standard InChI is InChI=1S/C26H42N4O5S/c1-7-16(4)22(29-23(32)19-10-8-9-11-27-19)25(33)30(6)21(15(2)3)13-18(12-17(5)31)24-28-20(14-36-24)26(34)35/h14-16,18-19,21-22,27H,7-13H2,1-6H3,(H,29,32)(H,34,35)/t16-,18+,19+,21+,22-/m0/s1. The zero-order valence-corrected chi connectivity index (χ0v) is 23.2. The molecule has 0 bridgehead atoms. The van der Waals surface area contributed by atoms with Crippen LogP contribution >= 0.6 is 11.3 Å². The van der Waals surface area contributed by atoms with Gasteiger partial charge in [0.2, 0.25) is 11.8 Å². The van der Waals surface area contributed by atoms with E-state index in [0.717, 1.165) is 32.2 Å². The van der Waals surface area contributed by atoms with E-state index in [1.807, 2.05) is 27.7 Å². The van der Waals surface area contributed by atoms with E-state index in [1.54, 1.807) is 11.9 Å². The highest BCUT2D eigenvalue weighted by Crippen LogP contribution is 2.32. The molecule has 10 heteroatoms. The monoisotopic (exact) mass is 522 g/mol. The Morgan fingerprint density at radius 1 is 1.25 bits per heavy atom. The molecule has 0 aromatic carbocycles. The van der Waals surface area contributed by atoms with E-state index < -0.39 is 12.0 Å². The molecular weight excluding hydrogens is 480 g/mol. The molecule has 1 aromatic rings. The van der Waals surface area contributed by atoms with Crippen LogP contribution in [0.15, 0.2) is 5.38 Å². The van der Waals surface area contributed by atoms with Crippen LogP contribution in [0.5, 0.6) is 0 Å². The molecule has 36 heavy (non-hydrogen) atoms. The number of hydrogen-bond donors (Lipinski definition) is 3. The molecule has 2 amide bonds. The zero-order valence-electron chi connectivity index (χ0n) is 22.4. The number of likely N-dealkylation sites (N-methyl/N-ethyl adjacent to an activating group) is 1. The number of ketones is 1. The molecule has 1 aliphatic heterocycles. The van der Waals surface area contributed by atoms with Gasteiger partial charge in [-0.05, 0) is 44.6 Å². The number of carbonyl (C=O) groups is 4. The summed E-state index contributed by atoms with van der Waals surface area (Å²) in [5.74, 6) is -1.70. The number of carboxylic acid groups (broad SMARTS) is 1. The van der Waals surface area contributed by atoms with Crippen LogP contribution in [0.3, 0.4) is 0 Å². The van der Waals surface area contributed by atoms with E-state index in [9.17, 15) is 24.3 Å². The molecule has 5 atom stereocenters. The summed E-state index contributed by atoms with van der Waals surface area (Å²) in [5, 5.41) is 17.6. The first kappa shape index (κ1) is 29.9. The molecule has 9 nitrogen and oxygen atoms in total. The molecule has 0 saturated carbocycles. The second-order valence-electron chi connectivity index (χ2n) is 10.3. The van der Waals surface area contributed by atoms with Crippen molar-refractivity contribution in [1.29, 1.82) is 0 Å². The molecule has 202 valence electrons. The number of amides is 2. The number of hydrogen-bond acceptors (Lipinski definition) is 7. The van der Waals surface area contributed by atoms with Crippen LogP contribution in [-0.4, -0.2) is 70.3 Å². The fraction of sp³-hybridized carbons (Fsp3) is 0.731. The first-order valence-electron chi connectivity index (χ1n) is 12.9. The lowest BCUT2D eigenvalue weighted by Gasteiger charge is -2.37. The molecule has 1 fully saturated rings. The number of aromatic carboxylic acids is 1. The maximum atomic E-state index is 13.8. The second-order valence-corrected chi connectivity index (χ2v) is 11.2. The maximum Gasteiger partial charge on any atom is 0.355 e. The summed E-state index contributed by atoms with van der Waals surface area (Å²) < 4.78 is 0. The molecule has 1 aliphatic rings. The number of nitrogens with zero attached hydrogens (tertiary/aromatic N) is 2. The van der Waals surface area contributed by atoms with Gasteiger partial charge in [0.1, 0.15) is 11.8 Å². The summed E-state index contributed by atoms with van der Waals surface area (Å²) in [6.45, 7) is 10.3. The molecule has 1 aromatic heterocycles. The van der Waals surface area contributed by atoms with Gasteiger partial charge in [-0.15, -0.1) is 11.3 Å². The third-order valence-corrected chi connectivity index (χ3v) is 8.18. The van der Waals surface area contributed by atoms with E-state index in [4.69, 9.17) is 0 Å². The normalized spacial score (nSPS) is 19.2. The van der Waals surface area contributed by atoms with Crippen LogP contribution in [0.1, 0.15) is 94.6 Å². The number of thiazole rings is 1. The number of rotatable bonds is 13. The van der Waals surface area contributed by atoms with Gasteiger partial charge < -0.3 is 25.4 Å². The summed E-state index contributed by atoms with van der Waals surface area (Å²) in [6.07, 6.45) is 4.22. The van der Waals surface area contributed by atoms with E-state index in [2.05, 4.69) is 15.6 Å². The Hall–Kier alpha value is -2.33. The average Bonchev–Trinajstić information content (AvgIpc) is 3.34. The molecule has 1 saturated heterocycles. The van der Waals surface area contributed by atoms with Crippen LogP contribution in [0, 0.1) is 11.8 Å². The molecule has 2 rings (SSSR count). The Labute approximate surface area is 218 Å². The van der Waals surface area contributed by atoms with E-state index >= 15 is 0 Å². The predicted molar refractivity (Wildman–Crippen MR) is 140 cm³/mol. The van der Waals surface area contributed by atoms with Crippen molar-refractivity contribution in [3.8, 4) is 0 Å². The molecular formula is C26H42N4O5S. The fourth-order valence-electron chi connectivity index (χ4n) is 4.76. The molecule has 0 aliphatic carbocycles. The van der Waals surface area contributed by atoms with Gasteiger partial charge in [0.05, 0.1) is 11.0 Å². The van der Waals surface area contributed by atoms with E-state index in [0.29, 0.717) is 11.4 Å². The summed E-state index contributed by atoms with van der Waals surface area (Å²) in [5.41, 5.74) is -0.0371. The van der Waals surface area contributed by atoms with Crippen molar-refractivity contribution < 1.29 is 24.3 Å². The molecule has 0 spiro atoms. The highest BCUT2D eigenvalue weighted by Gasteiger charge is 2.36. The summed E-state index contributed by atoms with van der Waals surface area (Å²) in [6, 6.07) is -1.16. The first-order valence-corrected chi connectivity index (χ1v) is 13.8. The highest BCUT2D eigenvalue weighted by molar-refractivity contribution is 7.09. The average molecular weight is 523 g/mol. The van der Waals surface area contributed by atoms with Crippen LogP contribution in [0.25, 0.3) is 0 Å². The Morgan fingerprint density at radius 3 is 2.44 bits per heavy atom. The number of carboxylic acids is 1. The van der Waals surface area contributed by atoms with Crippen LogP contribution in [-0.2, 0) is 14.4 Å². The maximum absolute atomic E-state index is 13.8. The number of piperidine rings is 1. The Morgan fingerprint density at radius 2 is 1.94 bits per heavy atom. The largest absolute Gasteiger partial charge is 0.476 e. The summed E-state index contributed by atoms with van der Waals surface area (Å²) in [4.78, 5) is 56.1. The van der Waals surface area contributed by atoms with Crippen LogP contribution < -0.4 is 10.6 Å². The minimum atomic E-state index is -1.11. The third-order valence-electron chi connectivity index (χ3n) is 7.17. The van der Waals surface area contributed by atoms with E-state index in [1.165, 1.54) is 23.6 Å². The number of nitrogens with one attached hydrogen (secondary N) is 2. The van der Waals surface area contributed by atoms with Crippen molar-refractivity contribution in [1.82, 2.24) is 20.5 Å². The Balaban J connectivity index is 2.25. The lowest BCUT2D eigenvalue weighted by atomic mass is 9.88. The quantitative estimate of drug-likeness (QED) is 0.362. The molecule has 0 radical (unpaired) electrons. The minimum Gasteiger partial charge on any atom is -0.476 e. The van der Waals surface area contributed by atoms with Gasteiger partial charge in [-0.3, -0.25) is 9.59 Å². The smallest absolute Gasteiger partial charge is 0.355 e. The van der Waals surface area contributed by atoms with Gasteiger partial charge in [-0.2, -0.15) is 0 Å². The van der Waals surface area contributed by atoms with Crippen molar-refractivity contribution in [2.24, 2.45) is 11.8 Å². The lowest BCUT2D eigenvalue weighted by Crippen LogP contribution is -2.57. The van der Waals surface area contributed by atoms with Gasteiger partial charge >= 0.3 is 5.97 Å². The minimum absolute atomic E-state index is 0.0201. The SMILES string of the molecule is CC[C@H](C)[C@H](NC(=O)[C@H]1CCCCN1)C(=O)N(C)[C@H](C[C@@H](CC(C)=O)c1nc(C(=O)O)cs1)C(C)C. The van der Waals surface area contributed by atoms with Crippen LogP contribution in [0.4, 0.5) is 0 Å². The van der Waals surface area contributed by atoms with Gasteiger partial charge in [0.25, 0.3) is 0 Å². The summed E-state index contributed by atoms with van der Waals surface area (Å²) >= 11 is 1.23. The van der Waals surface area contributed by atoms with Gasteiger partial charge in [0.15, 0.2) is 5.69 Å². The van der Waals surface area contributed by atoms with E-state index in [-0.39, 0.29) is 59.5 Å². The van der Waals surface area contributed by atoms with Crippen molar-refractivity contribution in [2.45, 2.75) is 97.2 Å². The molecule has 2 heterocycles. The summed E-state index contributed by atoms with van der Waals surface area (Å²) in [7, 11) is 1.75. The zero-order chi connectivity index (χ0) is 27.0. The second kappa shape index (κ2) is 13.8. The van der Waals surface area contributed by atoms with Crippen molar-refractivity contribution in [2.75, 3.05) is 13.6 Å². The predicted octanol–water partition coefficient (Wildman–Crippen LogP) is 3.45. The third kappa shape index (κ3) is 8.09. The fourth-order valence-corrected chi connectivity index (χ4v) is 5.67. The topological polar surface area (TPSA) is 129 Å². The first-order chi connectivity index (χ1) is 17.0. The van der Waals surface area contributed by atoms with Gasteiger partial charge in [-0.25, -0.2) is 9.78 Å². The number of Topliss-reactive ketones (excluding diaryl/α,β-unsaturated/α-hetero) is 1. The lowest BCUT2D eigenvalue weighted by molar-refractivity contribution is -0.140. The Kier molecular flexibility index (Phi) is 11.5. The molecule has 3 N–H and O–H groups in total. The Bertz CT molecular complexity index is 912. The van der Waals surface area contributed by atoms with Crippen LogP contribution in [0.2, 0.25) is 0 Å². The van der Waals surface area contributed by atoms with Gasteiger partial charge in [0, 0.05) is 30.8 Å². The van der Waals surface area contributed by atoms with Gasteiger partial charge in [-0.1, -0.05) is 40.5 Å².